The Morgan fingerprint density at radius 1 is 1.12 bits per heavy atom. The molecule has 42 heavy (non-hydrogen) atoms. The van der Waals surface area contributed by atoms with Crippen LogP contribution in [0.4, 0.5) is 4.39 Å². The third-order valence-corrected chi connectivity index (χ3v) is 7.58. The second kappa shape index (κ2) is 11.6. The van der Waals surface area contributed by atoms with Crippen molar-refractivity contribution in [3.63, 3.8) is 0 Å². The maximum absolute atomic E-state index is 14.1. The van der Waals surface area contributed by atoms with E-state index >= 15 is 0 Å². The van der Waals surface area contributed by atoms with Crippen molar-refractivity contribution in [1.82, 2.24) is 19.4 Å². The summed E-state index contributed by atoms with van der Waals surface area (Å²) in [6.45, 7) is 4.07. The number of aromatic carboxylic acids is 1. The zero-order chi connectivity index (χ0) is 29.2. The number of nitrogens with zero attached hydrogens (tertiary/aromatic N) is 5. The molecule has 1 amide bonds. The van der Waals surface area contributed by atoms with Gasteiger partial charge >= 0.3 is 5.97 Å². The van der Waals surface area contributed by atoms with E-state index in [9.17, 15) is 19.1 Å². The molecule has 0 saturated carbocycles. The first-order valence-electron chi connectivity index (χ1n) is 13.6. The first kappa shape index (κ1) is 27.4. The molecule has 0 radical (unpaired) electrons. The standard InChI is InChI=1S/C30H28FN5O6/c31-23-13-19(15-32)1-5-26(23)41-18-22-3-6-27(42-22)29(37)35-10-8-34(9-11-35)17-28-33-24-4-2-20(30(38)39)14-25(24)36(28)16-21-7-12-40-21/h1-6,13-14,21H,7-12,16-18H2,(H,38,39)/t21-/m0/s1. The fourth-order valence-corrected chi connectivity index (χ4v) is 5.13. The van der Waals surface area contributed by atoms with Crippen LogP contribution in [0.25, 0.3) is 11.0 Å². The topological polar surface area (TPSA) is 134 Å². The van der Waals surface area contributed by atoms with E-state index < -0.39 is 11.8 Å². The number of halogens is 1. The maximum Gasteiger partial charge on any atom is 0.335 e. The van der Waals surface area contributed by atoms with E-state index in [0.717, 1.165) is 36.0 Å². The number of furan rings is 1. The van der Waals surface area contributed by atoms with Crippen LogP contribution in [0.3, 0.4) is 0 Å². The summed E-state index contributed by atoms with van der Waals surface area (Å²) in [4.78, 5) is 33.4. The highest BCUT2D eigenvalue weighted by Gasteiger charge is 2.27. The van der Waals surface area contributed by atoms with Gasteiger partial charge in [0.2, 0.25) is 0 Å². The fourth-order valence-electron chi connectivity index (χ4n) is 5.13. The van der Waals surface area contributed by atoms with Crippen LogP contribution in [-0.4, -0.2) is 75.2 Å². The molecule has 2 fully saturated rings. The molecule has 1 atom stereocenters. The van der Waals surface area contributed by atoms with Crippen molar-refractivity contribution in [2.24, 2.45) is 0 Å². The van der Waals surface area contributed by atoms with Gasteiger partial charge in [-0.2, -0.15) is 5.26 Å². The fraction of sp³-hybridized carbons (Fsp3) is 0.333. The van der Waals surface area contributed by atoms with Crippen LogP contribution in [0.2, 0.25) is 0 Å². The Balaban J connectivity index is 1.07. The maximum atomic E-state index is 14.1. The van der Waals surface area contributed by atoms with Gasteiger partial charge in [0.15, 0.2) is 17.3 Å². The summed E-state index contributed by atoms with van der Waals surface area (Å²) in [5.41, 5.74) is 1.92. The molecular weight excluding hydrogens is 545 g/mol. The molecule has 2 saturated heterocycles. The lowest BCUT2D eigenvalue weighted by Crippen LogP contribution is -2.48. The quantitative estimate of drug-likeness (QED) is 0.318. The molecule has 216 valence electrons. The van der Waals surface area contributed by atoms with E-state index in [4.69, 9.17) is 24.1 Å². The molecule has 2 aliphatic heterocycles. The third-order valence-electron chi connectivity index (χ3n) is 7.58. The van der Waals surface area contributed by atoms with Crippen molar-refractivity contribution in [1.29, 1.82) is 5.26 Å². The number of carbonyl (C=O) groups is 2. The number of nitriles is 1. The number of rotatable bonds is 9. The van der Waals surface area contributed by atoms with Gasteiger partial charge < -0.3 is 28.5 Å². The molecule has 12 heteroatoms. The molecule has 0 spiro atoms. The van der Waals surface area contributed by atoms with E-state index in [1.54, 1.807) is 35.2 Å². The zero-order valence-electron chi connectivity index (χ0n) is 22.7. The minimum absolute atomic E-state index is 0.00883. The smallest absolute Gasteiger partial charge is 0.335 e. The molecule has 2 aliphatic rings. The molecule has 2 aromatic carbocycles. The highest BCUT2D eigenvalue weighted by molar-refractivity contribution is 5.92. The normalized spacial score (nSPS) is 17.1. The molecule has 4 heterocycles. The van der Waals surface area contributed by atoms with Crippen LogP contribution in [0.1, 0.15) is 44.5 Å². The summed E-state index contributed by atoms with van der Waals surface area (Å²) >= 11 is 0. The number of benzene rings is 2. The SMILES string of the molecule is N#Cc1ccc(OCc2ccc(C(=O)N3CCN(Cc4nc5ccc(C(=O)O)cc5n4C[C@@H]4CCO4)CC3)o2)c(F)c1. The number of aromatic nitrogens is 2. The van der Waals surface area contributed by atoms with Crippen LogP contribution in [0, 0.1) is 17.1 Å². The number of amides is 1. The van der Waals surface area contributed by atoms with Gasteiger partial charge in [-0.05, 0) is 55.0 Å². The summed E-state index contributed by atoms with van der Waals surface area (Å²) in [5, 5.41) is 18.3. The molecular formula is C30H28FN5O6. The first-order valence-corrected chi connectivity index (χ1v) is 13.6. The van der Waals surface area contributed by atoms with Crippen molar-refractivity contribution in [3.8, 4) is 11.8 Å². The van der Waals surface area contributed by atoms with E-state index in [1.165, 1.54) is 12.1 Å². The van der Waals surface area contributed by atoms with Crippen LogP contribution in [-0.2, 0) is 24.4 Å². The van der Waals surface area contributed by atoms with Crippen molar-refractivity contribution < 1.29 is 33.0 Å². The van der Waals surface area contributed by atoms with Crippen molar-refractivity contribution in [2.45, 2.75) is 32.2 Å². The number of hydrogen-bond acceptors (Lipinski definition) is 8. The number of hydrogen-bond donors (Lipinski definition) is 1. The Morgan fingerprint density at radius 2 is 1.93 bits per heavy atom. The third kappa shape index (κ3) is 5.70. The van der Waals surface area contributed by atoms with E-state index in [0.29, 0.717) is 45.0 Å². The Labute approximate surface area is 240 Å². The van der Waals surface area contributed by atoms with Gasteiger partial charge in [-0.25, -0.2) is 14.2 Å². The van der Waals surface area contributed by atoms with Gasteiger partial charge in [0.25, 0.3) is 5.91 Å². The number of imidazole rings is 1. The summed E-state index contributed by atoms with van der Waals surface area (Å²) < 4.78 is 32.9. The van der Waals surface area contributed by atoms with Crippen molar-refractivity contribution in [3.05, 3.63) is 82.8 Å². The van der Waals surface area contributed by atoms with E-state index in [-0.39, 0.29) is 41.3 Å². The summed E-state index contributed by atoms with van der Waals surface area (Å²) in [6, 6.07) is 14.0. The Bertz CT molecular complexity index is 1680. The molecule has 1 N–H and O–H groups in total. The van der Waals surface area contributed by atoms with Gasteiger partial charge in [-0.3, -0.25) is 9.69 Å². The predicted molar refractivity (Wildman–Crippen MR) is 146 cm³/mol. The van der Waals surface area contributed by atoms with Crippen LogP contribution >= 0.6 is 0 Å². The average Bonchev–Trinajstić information content (AvgIpc) is 3.58. The minimum atomic E-state index is -0.983. The molecule has 2 aromatic heterocycles. The zero-order valence-corrected chi connectivity index (χ0v) is 22.7. The molecule has 0 unspecified atom stereocenters. The van der Waals surface area contributed by atoms with Crippen molar-refractivity contribution >= 4 is 22.9 Å². The van der Waals surface area contributed by atoms with E-state index in [2.05, 4.69) is 9.47 Å². The summed E-state index contributed by atoms with van der Waals surface area (Å²) in [7, 11) is 0. The van der Waals surface area contributed by atoms with Gasteiger partial charge in [0.1, 0.15) is 18.2 Å². The number of carboxylic acid groups (broad SMARTS) is 1. The van der Waals surface area contributed by atoms with Gasteiger partial charge in [-0.15, -0.1) is 0 Å². The van der Waals surface area contributed by atoms with Crippen LogP contribution < -0.4 is 4.74 Å². The Hall–Kier alpha value is -4.73. The van der Waals surface area contributed by atoms with Crippen LogP contribution in [0.15, 0.2) is 52.9 Å². The lowest BCUT2D eigenvalue weighted by atomic mass is 10.1. The first-order chi connectivity index (χ1) is 20.4. The molecule has 6 rings (SSSR count). The number of ether oxygens (including phenoxy) is 2. The van der Waals surface area contributed by atoms with E-state index in [1.807, 2.05) is 6.07 Å². The lowest BCUT2D eigenvalue weighted by molar-refractivity contribution is -0.0592. The van der Waals surface area contributed by atoms with Gasteiger partial charge in [0.05, 0.1) is 47.4 Å². The highest BCUT2D eigenvalue weighted by atomic mass is 19.1. The van der Waals surface area contributed by atoms with Gasteiger partial charge in [0, 0.05) is 32.8 Å². The molecule has 4 aromatic rings. The number of carbonyl (C=O) groups excluding carboxylic acids is 1. The van der Waals surface area contributed by atoms with Crippen LogP contribution in [0.5, 0.6) is 5.75 Å². The monoisotopic (exact) mass is 573 g/mol. The number of carboxylic acids is 1. The van der Waals surface area contributed by atoms with Gasteiger partial charge in [-0.1, -0.05) is 0 Å². The second-order valence-corrected chi connectivity index (χ2v) is 10.3. The lowest BCUT2D eigenvalue weighted by Gasteiger charge is -2.34. The largest absolute Gasteiger partial charge is 0.483 e. The number of fused-ring (bicyclic) bond motifs is 1. The minimum Gasteiger partial charge on any atom is -0.483 e. The Kier molecular flexibility index (Phi) is 7.60. The summed E-state index contributed by atoms with van der Waals surface area (Å²) in [6.07, 6.45) is 1.03. The second-order valence-electron chi connectivity index (χ2n) is 10.3. The van der Waals surface area contributed by atoms with Crippen molar-refractivity contribution in [2.75, 3.05) is 32.8 Å². The number of piperazine rings is 1. The highest BCUT2D eigenvalue weighted by Crippen LogP contribution is 2.24. The predicted octanol–water partition coefficient (Wildman–Crippen LogP) is 3.66. The molecule has 11 nitrogen and oxygen atoms in total. The summed E-state index contributed by atoms with van der Waals surface area (Å²) in [5.74, 6) is -0.487. The molecule has 0 aliphatic carbocycles. The average molecular weight is 574 g/mol. The molecule has 0 bridgehead atoms. The Morgan fingerprint density at radius 3 is 2.62 bits per heavy atom.